The zero-order valence-corrected chi connectivity index (χ0v) is 16.7. The Balaban J connectivity index is 1.31. The second kappa shape index (κ2) is 8.38. The number of carbonyl (C=O) groups is 1. The van der Waals surface area contributed by atoms with Crippen LogP contribution in [0.4, 0.5) is 11.5 Å². The molecule has 1 aliphatic rings. The van der Waals surface area contributed by atoms with E-state index in [9.17, 15) is 4.79 Å². The van der Waals surface area contributed by atoms with Gasteiger partial charge >= 0.3 is 0 Å². The number of benzene rings is 1. The normalized spacial score (nSPS) is 14.9. The standard InChI is InChI=1S/C21H25N7O/c1-15(2)16-3-5-18(6-4-16)24-21(29)17-9-11-27(12-10-17)19-7-8-20(26-25-19)28-14-22-13-23-28/h3-8,13-15,17H,9-12H2,1-2H3,(H,24,29). The SMILES string of the molecule is CC(C)c1ccc(NC(=O)C2CCN(c3ccc(-n4cncn4)nn3)CC2)cc1. The van der Waals surface area contributed by atoms with Crippen LogP contribution in [0.5, 0.6) is 0 Å². The summed E-state index contributed by atoms with van der Waals surface area (Å²) in [6, 6.07) is 11.9. The number of amides is 1. The van der Waals surface area contributed by atoms with Crippen molar-refractivity contribution in [2.24, 2.45) is 5.92 Å². The molecule has 0 bridgehead atoms. The Hall–Kier alpha value is -3.29. The lowest BCUT2D eigenvalue weighted by Crippen LogP contribution is -2.38. The van der Waals surface area contributed by atoms with Crippen molar-refractivity contribution in [3.05, 3.63) is 54.6 Å². The Kier molecular flexibility index (Phi) is 5.50. The van der Waals surface area contributed by atoms with E-state index in [2.05, 4.69) is 56.5 Å². The van der Waals surface area contributed by atoms with Gasteiger partial charge in [-0.05, 0) is 48.6 Å². The first-order valence-electron chi connectivity index (χ1n) is 9.94. The smallest absolute Gasteiger partial charge is 0.227 e. The highest BCUT2D eigenvalue weighted by molar-refractivity contribution is 5.92. The molecule has 1 saturated heterocycles. The molecule has 0 atom stereocenters. The highest BCUT2D eigenvalue weighted by Gasteiger charge is 2.26. The summed E-state index contributed by atoms with van der Waals surface area (Å²) >= 11 is 0. The molecule has 0 unspecified atom stereocenters. The third kappa shape index (κ3) is 4.42. The van der Waals surface area contributed by atoms with Crippen LogP contribution in [0.15, 0.2) is 49.1 Å². The average Bonchev–Trinajstić information content (AvgIpc) is 3.29. The van der Waals surface area contributed by atoms with Gasteiger partial charge in [0.05, 0.1) is 0 Å². The lowest BCUT2D eigenvalue weighted by Gasteiger charge is -2.31. The fourth-order valence-electron chi connectivity index (χ4n) is 3.50. The fraction of sp³-hybridized carbons (Fsp3) is 0.381. The number of nitrogens with zero attached hydrogens (tertiary/aromatic N) is 6. The Morgan fingerprint density at radius 3 is 2.31 bits per heavy atom. The van der Waals surface area contributed by atoms with Crippen LogP contribution in [0.2, 0.25) is 0 Å². The molecule has 1 N–H and O–H groups in total. The summed E-state index contributed by atoms with van der Waals surface area (Å²) in [6.07, 6.45) is 4.64. The van der Waals surface area contributed by atoms with Crippen LogP contribution in [-0.4, -0.2) is 44.0 Å². The van der Waals surface area contributed by atoms with E-state index >= 15 is 0 Å². The predicted molar refractivity (Wildman–Crippen MR) is 111 cm³/mol. The molecule has 8 heteroatoms. The molecule has 3 aromatic rings. The first-order valence-corrected chi connectivity index (χ1v) is 9.94. The van der Waals surface area contributed by atoms with E-state index in [0.29, 0.717) is 11.7 Å². The van der Waals surface area contributed by atoms with Crippen molar-refractivity contribution in [2.45, 2.75) is 32.6 Å². The van der Waals surface area contributed by atoms with Crippen LogP contribution in [-0.2, 0) is 4.79 Å². The van der Waals surface area contributed by atoms with E-state index in [1.165, 1.54) is 11.9 Å². The summed E-state index contributed by atoms with van der Waals surface area (Å²) in [5.41, 5.74) is 2.13. The van der Waals surface area contributed by atoms with Gasteiger partial charge in [0.15, 0.2) is 11.6 Å². The van der Waals surface area contributed by atoms with E-state index in [0.717, 1.165) is 37.4 Å². The highest BCUT2D eigenvalue weighted by Crippen LogP contribution is 2.24. The molecule has 8 nitrogen and oxygen atoms in total. The van der Waals surface area contributed by atoms with Crippen LogP contribution < -0.4 is 10.2 Å². The summed E-state index contributed by atoms with van der Waals surface area (Å²) in [7, 11) is 0. The Morgan fingerprint density at radius 1 is 1.03 bits per heavy atom. The Morgan fingerprint density at radius 2 is 1.72 bits per heavy atom. The number of hydrogen-bond donors (Lipinski definition) is 1. The number of carbonyl (C=O) groups excluding carboxylic acids is 1. The van der Waals surface area contributed by atoms with Gasteiger partial charge in [0.2, 0.25) is 5.91 Å². The van der Waals surface area contributed by atoms with E-state index in [4.69, 9.17) is 0 Å². The molecule has 3 heterocycles. The van der Waals surface area contributed by atoms with Gasteiger partial charge in [-0.2, -0.15) is 5.10 Å². The fourth-order valence-corrected chi connectivity index (χ4v) is 3.50. The number of rotatable bonds is 5. The summed E-state index contributed by atoms with van der Waals surface area (Å²) in [6.45, 7) is 5.88. The van der Waals surface area contributed by atoms with E-state index in [1.807, 2.05) is 24.3 Å². The van der Waals surface area contributed by atoms with Gasteiger partial charge in [0.25, 0.3) is 0 Å². The molecule has 29 heavy (non-hydrogen) atoms. The lowest BCUT2D eigenvalue weighted by atomic mass is 9.95. The van der Waals surface area contributed by atoms with E-state index < -0.39 is 0 Å². The summed E-state index contributed by atoms with van der Waals surface area (Å²) in [5, 5.41) is 15.6. The monoisotopic (exact) mass is 391 g/mol. The minimum atomic E-state index is 0.0124. The van der Waals surface area contributed by atoms with Crippen LogP contribution in [0.25, 0.3) is 5.82 Å². The van der Waals surface area contributed by atoms with Gasteiger partial charge in [-0.25, -0.2) is 9.67 Å². The summed E-state index contributed by atoms with van der Waals surface area (Å²) < 4.78 is 1.57. The molecule has 1 fully saturated rings. The molecule has 0 spiro atoms. The van der Waals surface area contributed by atoms with Gasteiger partial charge in [-0.3, -0.25) is 4.79 Å². The Labute approximate surface area is 170 Å². The first-order chi connectivity index (χ1) is 14.1. The molecule has 0 saturated carbocycles. The average molecular weight is 391 g/mol. The maximum absolute atomic E-state index is 12.6. The molecular formula is C21H25N7O. The minimum absolute atomic E-state index is 0.0124. The van der Waals surface area contributed by atoms with E-state index in [-0.39, 0.29) is 11.8 Å². The predicted octanol–water partition coefficient (Wildman–Crippen LogP) is 3.04. The summed E-state index contributed by atoms with van der Waals surface area (Å²) in [5.74, 6) is 2.03. The molecule has 2 aromatic heterocycles. The van der Waals surface area contributed by atoms with Crippen molar-refractivity contribution in [1.82, 2.24) is 25.0 Å². The number of piperidine rings is 1. The van der Waals surface area contributed by atoms with Gasteiger partial charge in [0, 0.05) is 24.7 Å². The van der Waals surface area contributed by atoms with Crippen molar-refractivity contribution >= 4 is 17.4 Å². The quantitative estimate of drug-likeness (QED) is 0.719. The molecular weight excluding hydrogens is 366 g/mol. The van der Waals surface area contributed by atoms with Crippen molar-refractivity contribution < 1.29 is 4.79 Å². The number of aromatic nitrogens is 5. The van der Waals surface area contributed by atoms with Crippen LogP contribution >= 0.6 is 0 Å². The molecule has 1 amide bonds. The molecule has 1 aliphatic heterocycles. The maximum Gasteiger partial charge on any atom is 0.227 e. The first kappa shape index (κ1) is 19.0. The molecule has 0 radical (unpaired) electrons. The third-order valence-electron chi connectivity index (χ3n) is 5.32. The van der Waals surface area contributed by atoms with Crippen molar-refractivity contribution in [3.63, 3.8) is 0 Å². The van der Waals surface area contributed by atoms with Crippen LogP contribution in [0.1, 0.15) is 38.2 Å². The van der Waals surface area contributed by atoms with Crippen molar-refractivity contribution in [3.8, 4) is 5.82 Å². The molecule has 4 rings (SSSR count). The zero-order chi connectivity index (χ0) is 20.2. The number of hydrogen-bond acceptors (Lipinski definition) is 6. The maximum atomic E-state index is 12.6. The summed E-state index contributed by atoms with van der Waals surface area (Å²) in [4.78, 5) is 18.7. The second-order valence-corrected chi connectivity index (χ2v) is 7.62. The minimum Gasteiger partial charge on any atom is -0.355 e. The van der Waals surface area contributed by atoms with Crippen molar-refractivity contribution in [1.29, 1.82) is 0 Å². The van der Waals surface area contributed by atoms with E-state index in [1.54, 1.807) is 11.0 Å². The van der Waals surface area contributed by atoms with Crippen LogP contribution in [0, 0.1) is 5.92 Å². The zero-order valence-electron chi connectivity index (χ0n) is 16.7. The topological polar surface area (TPSA) is 88.8 Å². The van der Waals surface area contributed by atoms with Gasteiger partial charge < -0.3 is 10.2 Å². The Bertz CT molecular complexity index is 928. The molecule has 150 valence electrons. The number of anilines is 2. The van der Waals surface area contributed by atoms with Gasteiger partial charge in [-0.15, -0.1) is 10.2 Å². The number of nitrogens with one attached hydrogen (secondary N) is 1. The largest absolute Gasteiger partial charge is 0.355 e. The van der Waals surface area contributed by atoms with Crippen LogP contribution in [0.3, 0.4) is 0 Å². The molecule has 1 aromatic carbocycles. The third-order valence-corrected chi connectivity index (χ3v) is 5.32. The van der Waals surface area contributed by atoms with Gasteiger partial charge in [-0.1, -0.05) is 26.0 Å². The molecule has 0 aliphatic carbocycles. The van der Waals surface area contributed by atoms with Gasteiger partial charge in [0.1, 0.15) is 12.7 Å². The highest BCUT2D eigenvalue weighted by atomic mass is 16.1. The van der Waals surface area contributed by atoms with Crippen molar-refractivity contribution in [2.75, 3.05) is 23.3 Å². The lowest BCUT2D eigenvalue weighted by molar-refractivity contribution is -0.120. The second-order valence-electron chi connectivity index (χ2n) is 7.62.